The number of carbonyl (C=O) groups is 1. The molecule has 0 saturated carbocycles. The van der Waals surface area contributed by atoms with Gasteiger partial charge in [0.2, 0.25) is 0 Å². The molecule has 6 heteroatoms. The van der Waals surface area contributed by atoms with Gasteiger partial charge in [-0.25, -0.2) is 8.78 Å². The highest BCUT2D eigenvalue weighted by atomic mass is 19.2. The number of rotatable bonds is 3. The summed E-state index contributed by atoms with van der Waals surface area (Å²) < 4.78 is 32.5. The zero-order valence-corrected chi connectivity index (χ0v) is 14.6. The number of hydrogen-bond acceptors (Lipinski definition) is 3. The minimum Gasteiger partial charge on any atom is -0.472 e. The number of amides is 1. The second kappa shape index (κ2) is 6.83. The van der Waals surface area contributed by atoms with E-state index in [1.165, 1.54) is 12.5 Å². The second-order valence-electron chi connectivity index (χ2n) is 7.52. The fourth-order valence-electron chi connectivity index (χ4n) is 4.37. The van der Waals surface area contributed by atoms with Crippen molar-refractivity contribution in [2.24, 2.45) is 5.41 Å². The van der Waals surface area contributed by atoms with E-state index < -0.39 is 11.6 Å². The molecule has 2 aliphatic heterocycles. The first-order chi connectivity index (χ1) is 12.6. The maximum Gasteiger partial charge on any atom is 0.257 e. The Balaban J connectivity index is 1.43. The van der Waals surface area contributed by atoms with Gasteiger partial charge in [0, 0.05) is 37.2 Å². The smallest absolute Gasteiger partial charge is 0.257 e. The van der Waals surface area contributed by atoms with Gasteiger partial charge in [0.05, 0.1) is 11.8 Å². The van der Waals surface area contributed by atoms with Crippen LogP contribution in [0, 0.1) is 17.0 Å². The predicted molar refractivity (Wildman–Crippen MR) is 92.5 cm³/mol. The van der Waals surface area contributed by atoms with Gasteiger partial charge in [-0.05, 0) is 37.9 Å². The Morgan fingerprint density at radius 2 is 2.04 bits per heavy atom. The van der Waals surface area contributed by atoms with Gasteiger partial charge in [-0.2, -0.15) is 0 Å². The summed E-state index contributed by atoms with van der Waals surface area (Å²) in [6.07, 6.45) is 6.00. The minimum atomic E-state index is -0.799. The lowest BCUT2D eigenvalue weighted by atomic mass is 9.79. The van der Waals surface area contributed by atoms with E-state index >= 15 is 0 Å². The number of likely N-dealkylation sites (tertiary alicyclic amines) is 2. The number of nitrogens with zero attached hydrogens (tertiary/aromatic N) is 2. The maximum atomic E-state index is 14.0. The van der Waals surface area contributed by atoms with E-state index in [2.05, 4.69) is 4.90 Å². The van der Waals surface area contributed by atoms with Gasteiger partial charge in [0.1, 0.15) is 6.26 Å². The fourth-order valence-corrected chi connectivity index (χ4v) is 4.37. The molecule has 2 fully saturated rings. The van der Waals surface area contributed by atoms with E-state index in [1.807, 2.05) is 4.90 Å². The molecule has 0 bridgehead atoms. The van der Waals surface area contributed by atoms with Gasteiger partial charge >= 0.3 is 0 Å². The lowest BCUT2D eigenvalue weighted by Gasteiger charge is -2.40. The Hall–Kier alpha value is -2.21. The minimum absolute atomic E-state index is 0.00363. The highest BCUT2D eigenvalue weighted by Gasteiger charge is 2.43. The molecule has 3 heterocycles. The van der Waals surface area contributed by atoms with Crippen LogP contribution in [-0.2, 0) is 6.54 Å². The van der Waals surface area contributed by atoms with Crippen molar-refractivity contribution in [2.45, 2.75) is 25.8 Å². The summed E-state index contributed by atoms with van der Waals surface area (Å²) in [5, 5.41) is 0. The molecule has 1 amide bonds. The van der Waals surface area contributed by atoms with Crippen LogP contribution >= 0.6 is 0 Å². The molecule has 26 heavy (non-hydrogen) atoms. The Morgan fingerprint density at radius 3 is 2.85 bits per heavy atom. The van der Waals surface area contributed by atoms with E-state index in [-0.39, 0.29) is 11.3 Å². The summed E-state index contributed by atoms with van der Waals surface area (Å²) in [5.41, 5.74) is 1.02. The van der Waals surface area contributed by atoms with Gasteiger partial charge < -0.3 is 9.32 Å². The lowest BCUT2D eigenvalue weighted by molar-refractivity contribution is 0.0672. The zero-order chi connectivity index (χ0) is 18.1. The molecule has 1 atom stereocenters. The largest absolute Gasteiger partial charge is 0.472 e. The molecule has 2 saturated heterocycles. The van der Waals surface area contributed by atoms with E-state index in [0.29, 0.717) is 24.2 Å². The molecular weight excluding hydrogens is 338 g/mol. The monoisotopic (exact) mass is 360 g/mol. The Bertz CT molecular complexity index is 793. The molecule has 1 aromatic heterocycles. The van der Waals surface area contributed by atoms with E-state index in [4.69, 9.17) is 4.42 Å². The number of piperidine rings is 1. The van der Waals surface area contributed by atoms with Crippen molar-refractivity contribution in [1.29, 1.82) is 0 Å². The normalized spacial score (nSPS) is 23.7. The summed E-state index contributed by atoms with van der Waals surface area (Å²) in [5.74, 6) is -1.55. The molecule has 138 valence electrons. The molecule has 0 N–H and O–H groups in total. The Kier molecular flexibility index (Phi) is 4.53. The summed E-state index contributed by atoms with van der Waals surface area (Å²) >= 11 is 0. The van der Waals surface area contributed by atoms with Gasteiger partial charge in [0.15, 0.2) is 11.6 Å². The summed E-state index contributed by atoms with van der Waals surface area (Å²) in [6, 6.07) is 6.03. The molecule has 1 aromatic carbocycles. The van der Waals surface area contributed by atoms with E-state index in [1.54, 1.807) is 18.2 Å². The van der Waals surface area contributed by atoms with E-state index in [0.717, 1.165) is 45.0 Å². The molecule has 4 rings (SSSR count). The summed E-state index contributed by atoms with van der Waals surface area (Å²) in [7, 11) is 0. The van der Waals surface area contributed by atoms with Gasteiger partial charge in [0.25, 0.3) is 5.91 Å². The van der Waals surface area contributed by atoms with Crippen molar-refractivity contribution in [1.82, 2.24) is 9.80 Å². The van der Waals surface area contributed by atoms with Crippen LogP contribution in [0.15, 0.2) is 41.2 Å². The fraction of sp³-hybridized carbons (Fsp3) is 0.450. The van der Waals surface area contributed by atoms with Crippen LogP contribution in [0.1, 0.15) is 35.2 Å². The van der Waals surface area contributed by atoms with Crippen LogP contribution in [-0.4, -0.2) is 41.9 Å². The average molecular weight is 360 g/mol. The molecule has 0 radical (unpaired) electrons. The number of carbonyl (C=O) groups excluding carboxylic acids is 1. The van der Waals surface area contributed by atoms with Crippen molar-refractivity contribution in [2.75, 3.05) is 26.2 Å². The van der Waals surface area contributed by atoms with Crippen molar-refractivity contribution >= 4 is 5.91 Å². The van der Waals surface area contributed by atoms with Crippen molar-refractivity contribution in [3.05, 3.63) is 59.6 Å². The second-order valence-corrected chi connectivity index (χ2v) is 7.52. The van der Waals surface area contributed by atoms with Crippen LogP contribution in [0.3, 0.4) is 0 Å². The Labute approximate surface area is 151 Å². The number of furan rings is 1. The molecule has 4 nitrogen and oxygen atoms in total. The summed E-state index contributed by atoms with van der Waals surface area (Å²) in [4.78, 5) is 16.6. The first kappa shape index (κ1) is 17.2. The van der Waals surface area contributed by atoms with Crippen molar-refractivity contribution in [3.8, 4) is 0 Å². The average Bonchev–Trinajstić information content (AvgIpc) is 3.29. The van der Waals surface area contributed by atoms with Gasteiger partial charge in [-0.1, -0.05) is 12.1 Å². The number of hydrogen-bond donors (Lipinski definition) is 0. The van der Waals surface area contributed by atoms with Gasteiger partial charge in [-0.15, -0.1) is 0 Å². The highest BCUT2D eigenvalue weighted by molar-refractivity contribution is 5.94. The van der Waals surface area contributed by atoms with Crippen molar-refractivity contribution < 1.29 is 18.0 Å². The molecule has 2 aromatic rings. The van der Waals surface area contributed by atoms with Crippen LogP contribution < -0.4 is 0 Å². The first-order valence-corrected chi connectivity index (χ1v) is 9.03. The SMILES string of the molecule is O=C(c1ccoc1)N1CC[C@@]2(CCCN(Cc3cccc(F)c3F)C2)C1. The lowest BCUT2D eigenvalue weighted by Crippen LogP contribution is -2.45. The topological polar surface area (TPSA) is 36.7 Å². The molecule has 0 unspecified atom stereocenters. The molecule has 2 aliphatic rings. The Morgan fingerprint density at radius 1 is 1.15 bits per heavy atom. The first-order valence-electron chi connectivity index (χ1n) is 9.03. The third kappa shape index (κ3) is 3.26. The van der Waals surface area contributed by atoms with Crippen molar-refractivity contribution in [3.63, 3.8) is 0 Å². The quantitative estimate of drug-likeness (QED) is 0.838. The van der Waals surface area contributed by atoms with Gasteiger partial charge in [-0.3, -0.25) is 9.69 Å². The van der Waals surface area contributed by atoms with Crippen LogP contribution in [0.4, 0.5) is 8.78 Å². The molecular formula is C20H22F2N2O2. The van der Waals surface area contributed by atoms with E-state index in [9.17, 15) is 13.6 Å². The zero-order valence-electron chi connectivity index (χ0n) is 14.6. The number of halogens is 2. The molecule has 1 spiro atoms. The third-order valence-electron chi connectivity index (χ3n) is 5.66. The molecule has 0 aliphatic carbocycles. The maximum absolute atomic E-state index is 14.0. The number of benzene rings is 1. The van der Waals surface area contributed by atoms with Crippen LogP contribution in [0.2, 0.25) is 0 Å². The third-order valence-corrected chi connectivity index (χ3v) is 5.66. The van der Waals surface area contributed by atoms with Crippen LogP contribution in [0.25, 0.3) is 0 Å². The summed E-state index contributed by atoms with van der Waals surface area (Å²) in [6.45, 7) is 3.51. The highest BCUT2D eigenvalue weighted by Crippen LogP contribution is 2.40. The predicted octanol–water partition coefficient (Wildman–Crippen LogP) is 3.69. The van der Waals surface area contributed by atoms with Crippen LogP contribution in [0.5, 0.6) is 0 Å². The standard InChI is InChI=1S/C20H22F2N2O2/c21-17-4-1-3-15(18(17)22)11-23-8-2-6-20(13-23)7-9-24(14-20)19(25)16-5-10-26-12-16/h1,3-5,10,12H,2,6-9,11,13-14H2/t20-/m1/s1.